The van der Waals surface area contributed by atoms with Crippen LogP contribution in [0.25, 0.3) is 0 Å². The van der Waals surface area contributed by atoms with Gasteiger partial charge in [0.15, 0.2) is 0 Å². The summed E-state index contributed by atoms with van der Waals surface area (Å²) in [5.74, 6) is -0.172. The van der Waals surface area contributed by atoms with Gasteiger partial charge in [0, 0.05) is 12.6 Å². The van der Waals surface area contributed by atoms with Gasteiger partial charge in [0.25, 0.3) is 0 Å². The number of rotatable bonds is 2. The van der Waals surface area contributed by atoms with Crippen LogP contribution in [0.15, 0.2) is 0 Å². The summed E-state index contributed by atoms with van der Waals surface area (Å²) in [6, 6.07) is 0.154. The Morgan fingerprint density at radius 2 is 2.38 bits per heavy atom. The molecule has 0 bridgehead atoms. The minimum Gasteiger partial charge on any atom is -0.469 e. The fourth-order valence-electron chi connectivity index (χ4n) is 1.59. The first-order chi connectivity index (χ1) is 6.15. The van der Waals surface area contributed by atoms with Gasteiger partial charge in [0.2, 0.25) is 0 Å². The summed E-state index contributed by atoms with van der Waals surface area (Å²) < 4.78 is 10.1. The molecule has 1 aliphatic rings. The maximum absolute atomic E-state index is 11.1. The molecular weight excluding hydrogens is 170 g/mol. The van der Waals surface area contributed by atoms with E-state index in [2.05, 4.69) is 9.64 Å². The Morgan fingerprint density at radius 3 is 2.92 bits per heavy atom. The van der Waals surface area contributed by atoms with Crippen molar-refractivity contribution < 1.29 is 14.3 Å². The molecule has 0 aliphatic carbocycles. The fourth-order valence-corrected chi connectivity index (χ4v) is 1.59. The lowest BCUT2D eigenvalue weighted by atomic mass is 10.1. The maximum atomic E-state index is 11.1. The summed E-state index contributed by atoms with van der Waals surface area (Å²) in [5.41, 5.74) is 0. The van der Waals surface area contributed by atoms with Gasteiger partial charge in [-0.05, 0) is 14.0 Å². The average molecular weight is 187 g/mol. The largest absolute Gasteiger partial charge is 0.469 e. The Labute approximate surface area is 78.8 Å². The lowest BCUT2D eigenvalue weighted by molar-refractivity contribution is -0.145. The number of methoxy groups -OCH3 is 1. The SMILES string of the molecule is COC(=O)CC1C(C)OCCN1C. The molecule has 1 fully saturated rings. The number of morpholine rings is 1. The van der Waals surface area contributed by atoms with E-state index in [0.717, 1.165) is 13.2 Å². The summed E-state index contributed by atoms with van der Waals surface area (Å²) in [7, 11) is 3.42. The number of carbonyl (C=O) groups excluding carboxylic acids is 1. The van der Waals surface area contributed by atoms with Crippen LogP contribution in [0.1, 0.15) is 13.3 Å². The highest BCUT2D eigenvalue weighted by Crippen LogP contribution is 2.15. The Kier molecular flexibility index (Phi) is 3.69. The van der Waals surface area contributed by atoms with Crippen LogP contribution < -0.4 is 0 Å². The summed E-state index contributed by atoms with van der Waals surface area (Å²) in [5, 5.41) is 0. The van der Waals surface area contributed by atoms with E-state index in [1.54, 1.807) is 0 Å². The third-order valence-electron chi connectivity index (χ3n) is 2.54. The Bertz CT molecular complexity index is 174. The Morgan fingerprint density at radius 1 is 1.69 bits per heavy atom. The highest BCUT2D eigenvalue weighted by molar-refractivity contribution is 5.70. The zero-order valence-corrected chi connectivity index (χ0v) is 8.45. The first kappa shape index (κ1) is 10.5. The Balaban J connectivity index is 2.48. The first-order valence-corrected chi connectivity index (χ1v) is 4.53. The Hall–Kier alpha value is -0.610. The van der Waals surface area contributed by atoms with Gasteiger partial charge in [-0.1, -0.05) is 0 Å². The first-order valence-electron chi connectivity index (χ1n) is 4.53. The molecule has 2 atom stereocenters. The van der Waals surface area contributed by atoms with Crippen molar-refractivity contribution in [3.05, 3.63) is 0 Å². The van der Waals surface area contributed by atoms with Gasteiger partial charge in [0.05, 0.1) is 26.2 Å². The molecule has 0 aromatic rings. The van der Waals surface area contributed by atoms with E-state index < -0.39 is 0 Å². The third-order valence-corrected chi connectivity index (χ3v) is 2.54. The zero-order chi connectivity index (χ0) is 9.84. The number of esters is 1. The topological polar surface area (TPSA) is 38.8 Å². The molecule has 2 unspecified atom stereocenters. The van der Waals surface area contributed by atoms with Crippen LogP contribution in [0.5, 0.6) is 0 Å². The van der Waals surface area contributed by atoms with E-state index in [-0.39, 0.29) is 18.1 Å². The molecule has 0 aromatic carbocycles. The van der Waals surface area contributed by atoms with Crippen LogP contribution in [0.2, 0.25) is 0 Å². The molecule has 0 aromatic heterocycles. The molecule has 1 saturated heterocycles. The number of nitrogens with zero attached hydrogens (tertiary/aromatic N) is 1. The lowest BCUT2D eigenvalue weighted by Crippen LogP contribution is -2.49. The van der Waals surface area contributed by atoms with Gasteiger partial charge >= 0.3 is 5.97 Å². The summed E-state index contributed by atoms with van der Waals surface area (Å²) in [6.07, 6.45) is 0.520. The second-order valence-corrected chi connectivity index (χ2v) is 3.40. The second kappa shape index (κ2) is 4.58. The van der Waals surface area contributed by atoms with Crippen molar-refractivity contribution >= 4 is 5.97 Å². The van der Waals surface area contributed by atoms with E-state index in [1.807, 2.05) is 14.0 Å². The molecule has 0 saturated carbocycles. The standard InChI is InChI=1S/C9H17NO3/c1-7-8(6-9(11)12-3)10(2)4-5-13-7/h7-8H,4-6H2,1-3H3. The van der Waals surface area contributed by atoms with Crippen LogP contribution in [-0.4, -0.2) is 50.3 Å². The van der Waals surface area contributed by atoms with E-state index in [0.29, 0.717) is 6.42 Å². The van der Waals surface area contributed by atoms with Gasteiger partial charge in [-0.15, -0.1) is 0 Å². The van der Waals surface area contributed by atoms with Crippen LogP contribution >= 0.6 is 0 Å². The van der Waals surface area contributed by atoms with E-state index in [1.165, 1.54) is 7.11 Å². The maximum Gasteiger partial charge on any atom is 0.307 e. The molecule has 0 radical (unpaired) electrons. The van der Waals surface area contributed by atoms with Crippen molar-refractivity contribution in [2.75, 3.05) is 27.3 Å². The van der Waals surface area contributed by atoms with Gasteiger partial charge in [-0.3, -0.25) is 9.69 Å². The summed E-state index contributed by atoms with van der Waals surface area (Å²) in [4.78, 5) is 13.2. The predicted molar refractivity (Wildman–Crippen MR) is 48.5 cm³/mol. The van der Waals surface area contributed by atoms with Crippen molar-refractivity contribution in [1.29, 1.82) is 0 Å². The number of hydrogen-bond donors (Lipinski definition) is 0. The number of hydrogen-bond acceptors (Lipinski definition) is 4. The van der Waals surface area contributed by atoms with Crippen molar-refractivity contribution in [2.45, 2.75) is 25.5 Å². The minimum absolute atomic E-state index is 0.109. The number of ether oxygens (including phenoxy) is 2. The molecule has 76 valence electrons. The van der Waals surface area contributed by atoms with Gasteiger partial charge in [-0.25, -0.2) is 0 Å². The van der Waals surface area contributed by atoms with E-state index >= 15 is 0 Å². The van der Waals surface area contributed by atoms with Crippen LogP contribution in [-0.2, 0) is 14.3 Å². The van der Waals surface area contributed by atoms with Crippen LogP contribution in [0.3, 0.4) is 0 Å². The normalized spacial score (nSPS) is 30.1. The summed E-state index contributed by atoms with van der Waals surface area (Å²) in [6.45, 7) is 3.62. The van der Waals surface area contributed by atoms with Gasteiger partial charge < -0.3 is 9.47 Å². The smallest absolute Gasteiger partial charge is 0.307 e. The van der Waals surface area contributed by atoms with Crippen molar-refractivity contribution in [1.82, 2.24) is 4.90 Å². The van der Waals surface area contributed by atoms with Gasteiger partial charge in [0.1, 0.15) is 0 Å². The monoisotopic (exact) mass is 187 g/mol. The van der Waals surface area contributed by atoms with Crippen molar-refractivity contribution in [3.8, 4) is 0 Å². The van der Waals surface area contributed by atoms with E-state index in [9.17, 15) is 4.79 Å². The molecule has 13 heavy (non-hydrogen) atoms. The fraction of sp³-hybridized carbons (Fsp3) is 0.889. The third kappa shape index (κ3) is 2.67. The lowest BCUT2D eigenvalue weighted by Gasteiger charge is -2.36. The second-order valence-electron chi connectivity index (χ2n) is 3.40. The molecule has 0 spiro atoms. The number of likely N-dealkylation sites (N-methyl/N-ethyl adjacent to an activating group) is 1. The van der Waals surface area contributed by atoms with Crippen molar-refractivity contribution in [3.63, 3.8) is 0 Å². The highest BCUT2D eigenvalue weighted by Gasteiger charge is 2.28. The molecule has 1 aliphatic heterocycles. The molecule has 0 N–H and O–H groups in total. The van der Waals surface area contributed by atoms with Gasteiger partial charge in [-0.2, -0.15) is 0 Å². The molecule has 4 nitrogen and oxygen atoms in total. The minimum atomic E-state index is -0.172. The molecule has 4 heteroatoms. The van der Waals surface area contributed by atoms with Crippen LogP contribution in [0.4, 0.5) is 0 Å². The van der Waals surface area contributed by atoms with Crippen molar-refractivity contribution in [2.24, 2.45) is 0 Å². The summed E-state index contributed by atoms with van der Waals surface area (Å²) >= 11 is 0. The van der Waals surface area contributed by atoms with E-state index in [4.69, 9.17) is 4.74 Å². The molecule has 1 heterocycles. The van der Waals surface area contributed by atoms with Crippen LogP contribution in [0, 0.1) is 0 Å². The quantitative estimate of drug-likeness (QED) is 0.582. The average Bonchev–Trinajstić information content (AvgIpc) is 2.11. The molecule has 0 amide bonds. The molecule has 1 rings (SSSR count). The highest BCUT2D eigenvalue weighted by atomic mass is 16.5. The number of carbonyl (C=O) groups is 1. The zero-order valence-electron chi connectivity index (χ0n) is 8.45. The predicted octanol–water partition coefficient (Wildman–Crippen LogP) is 0.269. The molecular formula is C9H17NO3.